The number of hydrogen-bond donors (Lipinski definition) is 3. The Morgan fingerprint density at radius 1 is 1.10 bits per heavy atom. The number of ether oxygens (including phenoxy) is 1. The molecule has 1 saturated carbocycles. The van der Waals surface area contributed by atoms with Gasteiger partial charge in [0.15, 0.2) is 0 Å². The average molecular weight is 587 g/mol. The van der Waals surface area contributed by atoms with Crippen molar-refractivity contribution in [2.24, 2.45) is 5.41 Å². The lowest BCUT2D eigenvalue weighted by Crippen LogP contribution is -2.34. The highest BCUT2D eigenvalue weighted by molar-refractivity contribution is 6.30. The number of H-pyrrole nitrogens is 1. The van der Waals surface area contributed by atoms with Crippen LogP contribution in [0, 0.1) is 5.41 Å². The van der Waals surface area contributed by atoms with Crippen molar-refractivity contribution in [1.29, 1.82) is 0 Å². The number of fused-ring (bicyclic) bond motifs is 1. The Balaban J connectivity index is 0.000000169. The van der Waals surface area contributed by atoms with Gasteiger partial charge in [-0.15, -0.1) is 0 Å². The molecule has 1 spiro atoms. The van der Waals surface area contributed by atoms with Gasteiger partial charge in [-0.1, -0.05) is 49.6 Å². The van der Waals surface area contributed by atoms with Crippen molar-refractivity contribution in [2.45, 2.75) is 52.4 Å². The van der Waals surface area contributed by atoms with Crippen LogP contribution in [0.2, 0.25) is 5.02 Å². The van der Waals surface area contributed by atoms with E-state index in [9.17, 15) is 4.79 Å². The summed E-state index contributed by atoms with van der Waals surface area (Å²) in [6.45, 7) is 7.95. The first-order valence-electron chi connectivity index (χ1n) is 14.7. The quantitative estimate of drug-likeness (QED) is 0.179. The van der Waals surface area contributed by atoms with Gasteiger partial charge >= 0.3 is 5.97 Å². The Morgan fingerprint density at radius 3 is 2.52 bits per heavy atom. The fourth-order valence-electron chi connectivity index (χ4n) is 6.01. The highest BCUT2D eigenvalue weighted by Crippen LogP contribution is 2.55. The van der Waals surface area contributed by atoms with Gasteiger partial charge in [0.05, 0.1) is 6.20 Å². The molecule has 2 aromatic heterocycles. The molecular formula is C34H39ClN4O3. The van der Waals surface area contributed by atoms with Crippen LogP contribution in [0.1, 0.15) is 68.3 Å². The number of anilines is 1. The molecule has 42 heavy (non-hydrogen) atoms. The summed E-state index contributed by atoms with van der Waals surface area (Å²) in [5, 5.41) is 10.8. The number of nitrogens with zero attached hydrogens (tertiary/aromatic N) is 2. The third-order valence-corrected chi connectivity index (χ3v) is 8.94. The number of pyridine rings is 1. The molecule has 6 rings (SSSR count). The van der Waals surface area contributed by atoms with Crippen molar-refractivity contribution in [3.05, 3.63) is 88.7 Å². The first-order valence-corrected chi connectivity index (χ1v) is 15.1. The zero-order valence-electron chi connectivity index (χ0n) is 24.3. The van der Waals surface area contributed by atoms with Crippen molar-refractivity contribution >= 4 is 39.9 Å². The molecule has 2 aliphatic carbocycles. The topological polar surface area (TPSA) is 104 Å². The van der Waals surface area contributed by atoms with Crippen molar-refractivity contribution in [1.82, 2.24) is 14.9 Å². The van der Waals surface area contributed by atoms with Gasteiger partial charge in [-0.3, -0.25) is 4.90 Å². The summed E-state index contributed by atoms with van der Waals surface area (Å²) in [6, 6.07) is 16.6. The Morgan fingerprint density at radius 2 is 1.86 bits per heavy atom. The number of hydrogen-bond acceptors (Lipinski definition) is 5. The molecule has 220 valence electrons. The molecule has 0 saturated heterocycles. The van der Waals surface area contributed by atoms with E-state index in [1.807, 2.05) is 18.2 Å². The lowest BCUT2D eigenvalue weighted by atomic mass is 9.59. The number of likely N-dealkylation sites (N-methyl/N-ethyl adjacent to an activating group) is 1. The number of carboxylic acids is 1. The van der Waals surface area contributed by atoms with Gasteiger partial charge in [0.1, 0.15) is 22.7 Å². The van der Waals surface area contributed by atoms with Crippen LogP contribution in [0.15, 0.2) is 72.6 Å². The third kappa shape index (κ3) is 6.80. The molecule has 0 atom stereocenters. The van der Waals surface area contributed by atoms with Crippen molar-refractivity contribution in [3.8, 4) is 11.5 Å². The van der Waals surface area contributed by atoms with E-state index >= 15 is 0 Å². The zero-order valence-corrected chi connectivity index (χ0v) is 25.1. The smallest absolute Gasteiger partial charge is 0.339 e. The second-order valence-corrected chi connectivity index (χ2v) is 11.8. The molecule has 1 fully saturated rings. The number of nitrogen functional groups attached to an aromatic ring is 1. The molecule has 2 aliphatic rings. The Labute approximate surface area is 252 Å². The largest absolute Gasteiger partial charge is 0.478 e. The van der Waals surface area contributed by atoms with Crippen LogP contribution in [-0.2, 0) is 0 Å². The second-order valence-electron chi connectivity index (χ2n) is 11.3. The third-order valence-electron chi connectivity index (χ3n) is 8.69. The van der Waals surface area contributed by atoms with Gasteiger partial charge in [-0.25, -0.2) is 9.78 Å². The molecule has 0 bridgehead atoms. The van der Waals surface area contributed by atoms with Gasteiger partial charge in [-0.2, -0.15) is 0 Å². The standard InChI is InChI=1S/C20H28ClN.C14H11N3O3/c1-3-22(4-2)15-17-10-13-20(11-5-12-20)14-19(17)16-6-8-18(21)9-7-16;15-9-1-2-11(14(18)19)12(6-9)20-10-5-8-3-4-16-13(8)17-7-10/h6-9H,3-5,10-15H2,1-2H3;1-7H,15H2,(H,16,17)(H,18,19). The van der Waals surface area contributed by atoms with Gasteiger partial charge < -0.3 is 20.6 Å². The minimum absolute atomic E-state index is 0.0494. The number of allylic oxidation sites excluding steroid dienone is 1. The van der Waals surface area contributed by atoms with E-state index in [1.54, 1.807) is 23.4 Å². The number of benzene rings is 2. The van der Waals surface area contributed by atoms with E-state index in [4.69, 9.17) is 27.2 Å². The molecule has 0 unspecified atom stereocenters. The molecule has 7 nitrogen and oxygen atoms in total. The summed E-state index contributed by atoms with van der Waals surface area (Å²) in [6.07, 6.45) is 11.6. The van der Waals surface area contributed by atoms with Crippen LogP contribution in [0.5, 0.6) is 11.5 Å². The Bertz CT molecular complexity index is 1570. The number of rotatable bonds is 8. The number of aromatic amines is 1. The van der Waals surface area contributed by atoms with Crippen molar-refractivity contribution in [2.75, 3.05) is 25.4 Å². The SMILES string of the molecule is CCN(CC)CC1=C(c2ccc(Cl)cc2)CC2(CCC2)CC1.Nc1ccc(C(=O)O)c(Oc2cnc3[nH]ccc3c2)c1. The molecule has 2 aromatic carbocycles. The Hall–Kier alpha value is -3.81. The van der Waals surface area contributed by atoms with E-state index in [1.165, 1.54) is 68.5 Å². The highest BCUT2D eigenvalue weighted by Gasteiger charge is 2.40. The summed E-state index contributed by atoms with van der Waals surface area (Å²) < 4.78 is 5.59. The fraction of sp³-hybridized carbons (Fsp3) is 0.353. The summed E-state index contributed by atoms with van der Waals surface area (Å²) >= 11 is 6.09. The first-order chi connectivity index (χ1) is 20.3. The van der Waals surface area contributed by atoms with Crippen LogP contribution in [0.4, 0.5) is 5.69 Å². The first kappa shape index (κ1) is 29.7. The summed E-state index contributed by atoms with van der Waals surface area (Å²) in [5.41, 5.74) is 12.2. The maximum Gasteiger partial charge on any atom is 0.339 e. The molecule has 0 aliphatic heterocycles. The van der Waals surface area contributed by atoms with Crippen LogP contribution in [-0.4, -0.2) is 45.6 Å². The molecular weight excluding hydrogens is 548 g/mol. The monoisotopic (exact) mass is 586 g/mol. The van der Waals surface area contributed by atoms with Crippen LogP contribution in [0.25, 0.3) is 16.6 Å². The molecule has 8 heteroatoms. The maximum atomic E-state index is 11.2. The van der Waals surface area contributed by atoms with E-state index < -0.39 is 5.97 Å². The summed E-state index contributed by atoms with van der Waals surface area (Å²) in [5.74, 6) is -0.435. The predicted molar refractivity (Wildman–Crippen MR) is 170 cm³/mol. The van der Waals surface area contributed by atoms with Crippen LogP contribution >= 0.6 is 11.6 Å². The van der Waals surface area contributed by atoms with Crippen molar-refractivity contribution in [3.63, 3.8) is 0 Å². The number of aromatic carboxylic acids is 1. The number of halogens is 1. The minimum atomic E-state index is -1.07. The van der Waals surface area contributed by atoms with Gasteiger partial charge in [-0.05, 0) is 98.1 Å². The summed E-state index contributed by atoms with van der Waals surface area (Å²) in [7, 11) is 0. The van der Waals surface area contributed by atoms with Gasteiger partial charge in [0, 0.05) is 34.9 Å². The molecule has 0 amide bonds. The lowest BCUT2D eigenvalue weighted by Gasteiger charge is -2.47. The number of aromatic nitrogens is 2. The normalized spacial score (nSPS) is 15.8. The Kier molecular flexibility index (Phi) is 9.19. The molecule has 4 aromatic rings. The fourth-order valence-corrected chi connectivity index (χ4v) is 6.14. The number of nitrogens with one attached hydrogen (secondary N) is 1. The second kappa shape index (κ2) is 13.0. The predicted octanol–water partition coefficient (Wildman–Crippen LogP) is 8.43. The van der Waals surface area contributed by atoms with E-state index in [0.717, 1.165) is 35.7 Å². The van der Waals surface area contributed by atoms with E-state index in [0.29, 0.717) is 16.9 Å². The number of nitrogens with two attached hydrogens (primary N) is 1. The molecule has 4 N–H and O–H groups in total. The molecule has 2 heterocycles. The minimum Gasteiger partial charge on any atom is -0.478 e. The number of carbonyl (C=O) groups is 1. The zero-order chi connectivity index (χ0) is 29.7. The molecule has 0 radical (unpaired) electrons. The highest BCUT2D eigenvalue weighted by atomic mass is 35.5. The number of carboxylic acid groups (broad SMARTS) is 1. The lowest BCUT2D eigenvalue weighted by molar-refractivity contribution is 0.0694. The van der Waals surface area contributed by atoms with E-state index in [2.05, 4.69) is 40.8 Å². The van der Waals surface area contributed by atoms with Crippen LogP contribution in [0.3, 0.4) is 0 Å². The van der Waals surface area contributed by atoms with Gasteiger partial charge in [0.25, 0.3) is 0 Å². The van der Waals surface area contributed by atoms with E-state index in [-0.39, 0.29) is 11.3 Å². The maximum absolute atomic E-state index is 11.2. The summed E-state index contributed by atoms with van der Waals surface area (Å²) in [4.78, 5) is 20.8. The average Bonchev–Trinajstić information content (AvgIpc) is 3.44. The van der Waals surface area contributed by atoms with Gasteiger partial charge in [0.2, 0.25) is 0 Å². The van der Waals surface area contributed by atoms with Crippen LogP contribution < -0.4 is 10.5 Å². The van der Waals surface area contributed by atoms with Crippen molar-refractivity contribution < 1.29 is 14.6 Å².